The van der Waals surface area contributed by atoms with Gasteiger partial charge in [-0.3, -0.25) is 0 Å². The van der Waals surface area contributed by atoms with E-state index in [1.54, 1.807) is 0 Å². The normalized spacial score (nSPS) is 19.9. The molecule has 1 aromatic rings. The topological polar surface area (TPSA) is 29.5 Å². The summed E-state index contributed by atoms with van der Waals surface area (Å²) < 4.78 is 5.68. The van der Waals surface area contributed by atoms with Crippen molar-refractivity contribution in [2.75, 3.05) is 0 Å². The quantitative estimate of drug-likeness (QED) is 0.804. The van der Waals surface area contributed by atoms with Crippen molar-refractivity contribution < 1.29 is 9.84 Å². The molecule has 0 aliphatic carbocycles. The van der Waals surface area contributed by atoms with Crippen molar-refractivity contribution in [1.82, 2.24) is 0 Å². The van der Waals surface area contributed by atoms with E-state index >= 15 is 0 Å². The highest BCUT2D eigenvalue weighted by atomic mass is 16.5. The van der Waals surface area contributed by atoms with E-state index < -0.39 is 5.60 Å². The predicted octanol–water partition coefficient (Wildman–Crippen LogP) is 2.32. The molecule has 2 heteroatoms. The zero-order chi connectivity index (χ0) is 11.1. The number of rotatable bonds is 2. The van der Waals surface area contributed by atoms with E-state index in [4.69, 9.17) is 4.74 Å². The molecule has 0 aromatic heterocycles. The third-order valence-corrected chi connectivity index (χ3v) is 2.67. The fourth-order valence-corrected chi connectivity index (χ4v) is 2.13. The van der Waals surface area contributed by atoms with Crippen LogP contribution in [0, 0.1) is 0 Å². The standard InChI is InChI=1S/C13H18O2/c1-9-7-11-10(8-13(2,3)14)5-4-6-12(11)15-9/h4-6,9,14H,7-8H2,1-3H3. The molecule has 0 amide bonds. The zero-order valence-corrected chi connectivity index (χ0v) is 9.58. The summed E-state index contributed by atoms with van der Waals surface area (Å²) in [6, 6.07) is 6.09. The highest BCUT2D eigenvalue weighted by Crippen LogP contribution is 2.32. The Hall–Kier alpha value is -1.02. The molecule has 2 nitrogen and oxygen atoms in total. The number of aliphatic hydroxyl groups is 1. The van der Waals surface area contributed by atoms with Gasteiger partial charge in [-0.05, 0) is 32.4 Å². The number of hydrogen-bond acceptors (Lipinski definition) is 2. The summed E-state index contributed by atoms with van der Waals surface area (Å²) in [5.41, 5.74) is 1.83. The Balaban J connectivity index is 2.31. The van der Waals surface area contributed by atoms with E-state index in [0.29, 0.717) is 6.42 Å². The first kappa shape index (κ1) is 10.5. The SMILES string of the molecule is CC1Cc2c(CC(C)(C)O)cccc2O1. The molecule has 1 aromatic carbocycles. The van der Waals surface area contributed by atoms with Crippen LogP contribution in [0.5, 0.6) is 5.75 Å². The molecule has 82 valence electrons. The summed E-state index contributed by atoms with van der Waals surface area (Å²) in [7, 11) is 0. The Bertz CT molecular complexity index is 363. The number of ether oxygens (including phenoxy) is 1. The smallest absolute Gasteiger partial charge is 0.123 e. The van der Waals surface area contributed by atoms with E-state index in [1.807, 2.05) is 26.0 Å². The van der Waals surface area contributed by atoms with Crippen molar-refractivity contribution >= 4 is 0 Å². The van der Waals surface area contributed by atoms with Crippen molar-refractivity contribution in [2.45, 2.75) is 45.3 Å². The van der Waals surface area contributed by atoms with Gasteiger partial charge in [-0.15, -0.1) is 0 Å². The van der Waals surface area contributed by atoms with Crippen LogP contribution in [0.3, 0.4) is 0 Å². The first-order valence-corrected chi connectivity index (χ1v) is 5.45. The van der Waals surface area contributed by atoms with Gasteiger partial charge in [0.15, 0.2) is 0 Å². The lowest BCUT2D eigenvalue weighted by Crippen LogP contribution is -2.22. The van der Waals surface area contributed by atoms with E-state index in [1.165, 1.54) is 11.1 Å². The molecule has 1 unspecified atom stereocenters. The van der Waals surface area contributed by atoms with Gasteiger partial charge in [-0.25, -0.2) is 0 Å². The third kappa shape index (κ3) is 2.32. The van der Waals surface area contributed by atoms with Gasteiger partial charge >= 0.3 is 0 Å². The minimum Gasteiger partial charge on any atom is -0.490 e. The molecule has 0 bridgehead atoms. The van der Waals surface area contributed by atoms with Crippen LogP contribution in [-0.2, 0) is 12.8 Å². The minimum absolute atomic E-state index is 0.267. The minimum atomic E-state index is -0.652. The van der Waals surface area contributed by atoms with Gasteiger partial charge in [-0.1, -0.05) is 12.1 Å². The molecular formula is C13H18O2. The lowest BCUT2D eigenvalue weighted by Gasteiger charge is -2.18. The van der Waals surface area contributed by atoms with Crippen LogP contribution in [-0.4, -0.2) is 16.8 Å². The van der Waals surface area contributed by atoms with E-state index in [9.17, 15) is 5.11 Å². The lowest BCUT2D eigenvalue weighted by molar-refractivity contribution is 0.0808. The maximum absolute atomic E-state index is 9.83. The van der Waals surface area contributed by atoms with E-state index in [2.05, 4.69) is 13.0 Å². The van der Waals surface area contributed by atoms with Crippen LogP contribution in [0.2, 0.25) is 0 Å². The molecule has 0 spiro atoms. The summed E-state index contributed by atoms with van der Waals surface area (Å²) in [5, 5.41) is 9.83. The van der Waals surface area contributed by atoms with Crippen molar-refractivity contribution in [2.24, 2.45) is 0 Å². The van der Waals surface area contributed by atoms with Gasteiger partial charge in [0.05, 0.1) is 5.60 Å². The van der Waals surface area contributed by atoms with Crippen LogP contribution in [0.4, 0.5) is 0 Å². The summed E-state index contributed by atoms with van der Waals surface area (Å²) >= 11 is 0. The first-order valence-electron chi connectivity index (χ1n) is 5.45. The average Bonchev–Trinajstić information content (AvgIpc) is 2.43. The second-order valence-electron chi connectivity index (χ2n) is 5.02. The number of benzene rings is 1. The maximum Gasteiger partial charge on any atom is 0.123 e. The molecule has 1 heterocycles. The molecule has 2 rings (SSSR count). The zero-order valence-electron chi connectivity index (χ0n) is 9.58. The second-order valence-corrected chi connectivity index (χ2v) is 5.02. The Kier molecular flexibility index (Phi) is 2.47. The molecule has 0 saturated heterocycles. The van der Waals surface area contributed by atoms with Crippen molar-refractivity contribution in [1.29, 1.82) is 0 Å². The molecule has 1 aliphatic heterocycles. The molecule has 0 fully saturated rings. The first-order chi connectivity index (χ1) is 6.96. The lowest BCUT2D eigenvalue weighted by atomic mass is 9.93. The van der Waals surface area contributed by atoms with Crippen LogP contribution in [0.25, 0.3) is 0 Å². The maximum atomic E-state index is 9.83. The Morgan fingerprint density at radius 2 is 2.20 bits per heavy atom. The number of fused-ring (bicyclic) bond motifs is 1. The average molecular weight is 206 g/mol. The predicted molar refractivity (Wildman–Crippen MR) is 60.2 cm³/mol. The highest BCUT2D eigenvalue weighted by Gasteiger charge is 2.24. The van der Waals surface area contributed by atoms with E-state index in [-0.39, 0.29) is 6.10 Å². The van der Waals surface area contributed by atoms with Crippen LogP contribution in [0.15, 0.2) is 18.2 Å². The molecule has 1 aliphatic rings. The summed E-state index contributed by atoms with van der Waals surface area (Å²) in [5.74, 6) is 0.990. The Labute approximate surface area is 90.9 Å². The highest BCUT2D eigenvalue weighted by molar-refractivity contribution is 5.44. The number of hydrogen-bond donors (Lipinski definition) is 1. The molecular weight excluding hydrogens is 188 g/mol. The third-order valence-electron chi connectivity index (χ3n) is 2.67. The summed E-state index contributed by atoms with van der Waals surface area (Å²) in [4.78, 5) is 0. The monoisotopic (exact) mass is 206 g/mol. The molecule has 15 heavy (non-hydrogen) atoms. The van der Waals surface area contributed by atoms with Gasteiger partial charge in [0.2, 0.25) is 0 Å². The van der Waals surface area contributed by atoms with Gasteiger partial charge < -0.3 is 9.84 Å². The fourth-order valence-electron chi connectivity index (χ4n) is 2.13. The van der Waals surface area contributed by atoms with Crippen molar-refractivity contribution in [3.8, 4) is 5.75 Å². The molecule has 1 N–H and O–H groups in total. The largest absolute Gasteiger partial charge is 0.490 e. The molecule has 0 saturated carbocycles. The van der Waals surface area contributed by atoms with Gasteiger partial charge in [0.25, 0.3) is 0 Å². The van der Waals surface area contributed by atoms with Crippen molar-refractivity contribution in [3.05, 3.63) is 29.3 Å². The summed E-state index contributed by atoms with van der Waals surface area (Å²) in [6.45, 7) is 5.76. The fraction of sp³-hybridized carbons (Fsp3) is 0.538. The van der Waals surface area contributed by atoms with Crippen LogP contribution in [0.1, 0.15) is 31.9 Å². The Morgan fingerprint density at radius 1 is 1.47 bits per heavy atom. The van der Waals surface area contributed by atoms with Gasteiger partial charge in [0.1, 0.15) is 11.9 Å². The van der Waals surface area contributed by atoms with Crippen LogP contribution < -0.4 is 4.74 Å². The van der Waals surface area contributed by atoms with Gasteiger partial charge in [0, 0.05) is 18.4 Å². The Morgan fingerprint density at radius 3 is 2.87 bits per heavy atom. The van der Waals surface area contributed by atoms with Crippen molar-refractivity contribution in [3.63, 3.8) is 0 Å². The van der Waals surface area contributed by atoms with Gasteiger partial charge in [-0.2, -0.15) is 0 Å². The molecule has 1 atom stereocenters. The van der Waals surface area contributed by atoms with E-state index in [0.717, 1.165) is 12.2 Å². The second kappa shape index (κ2) is 3.53. The molecule has 0 radical (unpaired) electrons. The van der Waals surface area contributed by atoms with Crippen LogP contribution >= 0.6 is 0 Å². The summed E-state index contributed by atoms with van der Waals surface area (Å²) in [6.07, 6.45) is 1.91.